The van der Waals surface area contributed by atoms with Crippen LogP contribution in [0.2, 0.25) is 0 Å². The van der Waals surface area contributed by atoms with Gasteiger partial charge in [-0.15, -0.1) is 0 Å². The van der Waals surface area contributed by atoms with Gasteiger partial charge in [0.15, 0.2) is 0 Å². The molecule has 0 amide bonds. The van der Waals surface area contributed by atoms with E-state index < -0.39 is 0 Å². The molecule has 0 saturated carbocycles. The van der Waals surface area contributed by atoms with Gasteiger partial charge in [0.1, 0.15) is 0 Å². The molecule has 20 heavy (non-hydrogen) atoms. The molecule has 1 atom stereocenters. The Morgan fingerprint density at radius 3 is 1.70 bits per heavy atom. The van der Waals surface area contributed by atoms with Crippen molar-refractivity contribution in [2.45, 2.75) is 73.8 Å². The standard InChI is InChI=1S/C18H40N2/c1-8-11-19-18(17(6)7)14-20(12-9-15(2)3)13-10-16(4)5/h15-19H,8-14H2,1-7H3. The van der Waals surface area contributed by atoms with Gasteiger partial charge in [-0.05, 0) is 56.7 Å². The molecule has 0 radical (unpaired) electrons. The Kier molecular flexibility index (Phi) is 11.5. The minimum Gasteiger partial charge on any atom is -0.312 e. The molecule has 1 N–H and O–H groups in total. The number of nitrogens with zero attached hydrogens (tertiary/aromatic N) is 1. The van der Waals surface area contributed by atoms with E-state index in [0.29, 0.717) is 12.0 Å². The number of hydrogen-bond acceptors (Lipinski definition) is 2. The van der Waals surface area contributed by atoms with Gasteiger partial charge >= 0.3 is 0 Å². The third-order valence-corrected chi connectivity index (χ3v) is 3.96. The lowest BCUT2D eigenvalue weighted by molar-refractivity contribution is 0.199. The van der Waals surface area contributed by atoms with Crippen molar-refractivity contribution in [2.24, 2.45) is 17.8 Å². The van der Waals surface area contributed by atoms with E-state index in [1.165, 1.54) is 38.9 Å². The first-order valence-corrected chi connectivity index (χ1v) is 8.82. The van der Waals surface area contributed by atoms with Crippen LogP contribution in [0.15, 0.2) is 0 Å². The zero-order valence-electron chi connectivity index (χ0n) is 15.2. The van der Waals surface area contributed by atoms with Crippen LogP contribution in [0.1, 0.15) is 67.7 Å². The molecule has 122 valence electrons. The lowest BCUT2D eigenvalue weighted by Gasteiger charge is -2.31. The molecule has 2 nitrogen and oxygen atoms in total. The van der Waals surface area contributed by atoms with E-state index in [9.17, 15) is 0 Å². The van der Waals surface area contributed by atoms with Crippen molar-refractivity contribution in [3.05, 3.63) is 0 Å². The highest BCUT2D eigenvalue weighted by atomic mass is 15.1. The molecular weight excluding hydrogens is 244 g/mol. The number of hydrogen-bond donors (Lipinski definition) is 1. The van der Waals surface area contributed by atoms with E-state index in [4.69, 9.17) is 0 Å². The van der Waals surface area contributed by atoms with Gasteiger partial charge in [-0.2, -0.15) is 0 Å². The normalized spacial score (nSPS) is 13.9. The number of nitrogens with one attached hydrogen (secondary N) is 1. The van der Waals surface area contributed by atoms with Crippen LogP contribution in [-0.4, -0.2) is 37.1 Å². The fraction of sp³-hybridized carbons (Fsp3) is 1.00. The fourth-order valence-electron chi connectivity index (χ4n) is 2.29. The topological polar surface area (TPSA) is 15.3 Å². The minimum atomic E-state index is 0.634. The fourth-order valence-corrected chi connectivity index (χ4v) is 2.29. The molecule has 0 fully saturated rings. The maximum atomic E-state index is 3.73. The quantitative estimate of drug-likeness (QED) is 0.571. The number of rotatable bonds is 12. The third-order valence-electron chi connectivity index (χ3n) is 3.96. The molecule has 0 spiro atoms. The van der Waals surface area contributed by atoms with E-state index >= 15 is 0 Å². The van der Waals surface area contributed by atoms with Crippen molar-refractivity contribution < 1.29 is 0 Å². The average Bonchev–Trinajstić information content (AvgIpc) is 2.35. The van der Waals surface area contributed by atoms with Gasteiger partial charge in [0.05, 0.1) is 0 Å². The highest BCUT2D eigenvalue weighted by Crippen LogP contribution is 2.10. The monoisotopic (exact) mass is 284 g/mol. The lowest BCUT2D eigenvalue weighted by atomic mass is 10.0. The van der Waals surface area contributed by atoms with Crippen molar-refractivity contribution in [2.75, 3.05) is 26.2 Å². The molecular formula is C18H40N2. The molecule has 0 bridgehead atoms. The summed E-state index contributed by atoms with van der Waals surface area (Å²) in [6.45, 7) is 21.1. The summed E-state index contributed by atoms with van der Waals surface area (Å²) in [4.78, 5) is 2.69. The summed E-state index contributed by atoms with van der Waals surface area (Å²) in [7, 11) is 0. The summed E-state index contributed by atoms with van der Waals surface area (Å²) < 4.78 is 0. The molecule has 2 heteroatoms. The highest BCUT2D eigenvalue weighted by Gasteiger charge is 2.17. The van der Waals surface area contributed by atoms with Crippen LogP contribution in [0.3, 0.4) is 0 Å². The Bertz CT molecular complexity index is 199. The van der Waals surface area contributed by atoms with E-state index in [2.05, 4.69) is 58.7 Å². The molecule has 0 saturated heterocycles. The summed E-state index contributed by atoms with van der Waals surface area (Å²) in [5, 5.41) is 3.73. The van der Waals surface area contributed by atoms with Crippen molar-refractivity contribution in [3.63, 3.8) is 0 Å². The first kappa shape index (κ1) is 19.9. The Labute approximate surface area is 128 Å². The van der Waals surface area contributed by atoms with Crippen LogP contribution in [0.25, 0.3) is 0 Å². The first-order valence-electron chi connectivity index (χ1n) is 8.82. The summed E-state index contributed by atoms with van der Waals surface area (Å²) in [5.41, 5.74) is 0. The second-order valence-electron chi connectivity index (χ2n) is 7.47. The Morgan fingerprint density at radius 1 is 0.850 bits per heavy atom. The minimum absolute atomic E-state index is 0.634. The molecule has 0 aromatic rings. The molecule has 0 aromatic carbocycles. The predicted octanol–water partition coefficient (Wildman–Crippen LogP) is 4.40. The molecule has 0 aliphatic rings. The van der Waals surface area contributed by atoms with E-state index in [0.717, 1.165) is 18.4 Å². The maximum absolute atomic E-state index is 3.73. The van der Waals surface area contributed by atoms with Crippen LogP contribution < -0.4 is 5.32 Å². The Balaban J connectivity index is 4.38. The molecule has 0 aromatic heterocycles. The summed E-state index contributed by atoms with van der Waals surface area (Å²) >= 11 is 0. The van der Waals surface area contributed by atoms with Gasteiger partial charge in [-0.1, -0.05) is 48.5 Å². The molecule has 0 aliphatic carbocycles. The first-order chi connectivity index (χ1) is 9.36. The van der Waals surface area contributed by atoms with Crippen molar-refractivity contribution >= 4 is 0 Å². The predicted molar refractivity (Wildman–Crippen MR) is 92.3 cm³/mol. The van der Waals surface area contributed by atoms with Crippen LogP contribution in [-0.2, 0) is 0 Å². The Morgan fingerprint density at radius 2 is 1.35 bits per heavy atom. The van der Waals surface area contributed by atoms with Gasteiger partial charge in [-0.3, -0.25) is 0 Å². The van der Waals surface area contributed by atoms with Crippen molar-refractivity contribution in [1.29, 1.82) is 0 Å². The Hall–Kier alpha value is -0.0800. The van der Waals surface area contributed by atoms with Crippen LogP contribution in [0, 0.1) is 17.8 Å². The second kappa shape index (κ2) is 11.6. The molecule has 0 aliphatic heterocycles. The zero-order valence-corrected chi connectivity index (χ0v) is 15.2. The SMILES string of the molecule is CCCNC(CN(CCC(C)C)CCC(C)C)C(C)C. The average molecular weight is 285 g/mol. The maximum Gasteiger partial charge on any atom is 0.0217 e. The third kappa shape index (κ3) is 10.7. The smallest absolute Gasteiger partial charge is 0.0217 e. The van der Waals surface area contributed by atoms with Crippen LogP contribution in [0.5, 0.6) is 0 Å². The van der Waals surface area contributed by atoms with Gasteiger partial charge in [0.2, 0.25) is 0 Å². The van der Waals surface area contributed by atoms with Gasteiger partial charge < -0.3 is 10.2 Å². The van der Waals surface area contributed by atoms with E-state index in [1.54, 1.807) is 0 Å². The highest BCUT2D eigenvalue weighted by molar-refractivity contribution is 4.76. The lowest BCUT2D eigenvalue weighted by Crippen LogP contribution is -2.45. The van der Waals surface area contributed by atoms with Gasteiger partial charge in [-0.25, -0.2) is 0 Å². The van der Waals surface area contributed by atoms with E-state index in [-0.39, 0.29) is 0 Å². The molecule has 0 rings (SSSR count). The van der Waals surface area contributed by atoms with Gasteiger partial charge in [0.25, 0.3) is 0 Å². The zero-order chi connectivity index (χ0) is 15.5. The summed E-state index contributed by atoms with van der Waals surface area (Å²) in [6.07, 6.45) is 3.86. The van der Waals surface area contributed by atoms with Gasteiger partial charge in [0, 0.05) is 12.6 Å². The largest absolute Gasteiger partial charge is 0.312 e. The second-order valence-corrected chi connectivity index (χ2v) is 7.47. The molecule has 0 heterocycles. The van der Waals surface area contributed by atoms with Crippen molar-refractivity contribution in [1.82, 2.24) is 10.2 Å². The van der Waals surface area contributed by atoms with Crippen LogP contribution >= 0.6 is 0 Å². The van der Waals surface area contributed by atoms with E-state index in [1.807, 2.05) is 0 Å². The van der Waals surface area contributed by atoms with Crippen LogP contribution in [0.4, 0.5) is 0 Å². The van der Waals surface area contributed by atoms with Crippen molar-refractivity contribution in [3.8, 4) is 0 Å². The summed E-state index contributed by atoms with van der Waals surface area (Å²) in [5.74, 6) is 2.32. The summed E-state index contributed by atoms with van der Waals surface area (Å²) in [6, 6.07) is 0.634. The molecule has 1 unspecified atom stereocenters.